The van der Waals surface area contributed by atoms with Crippen LogP contribution in [0.5, 0.6) is 0 Å². The summed E-state index contributed by atoms with van der Waals surface area (Å²) in [5.74, 6) is 0.238. The van der Waals surface area contributed by atoms with E-state index in [1.54, 1.807) is 7.05 Å². The topological polar surface area (TPSA) is 64.0 Å². The van der Waals surface area contributed by atoms with Crippen LogP contribution in [0.15, 0.2) is 11.4 Å². The lowest BCUT2D eigenvalue weighted by atomic mass is 10.2. The first-order chi connectivity index (χ1) is 6.84. The predicted octanol–water partition coefficient (Wildman–Crippen LogP) is 1.01. The SMILES string of the molecule is CC(C)CNS(=O)(=O)c1ncn(C)c1Cl. The van der Waals surface area contributed by atoms with Crippen LogP contribution >= 0.6 is 11.6 Å². The van der Waals surface area contributed by atoms with E-state index in [1.807, 2.05) is 13.8 Å². The normalized spacial score (nSPS) is 12.3. The molecule has 5 nitrogen and oxygen atoms in total. The number of aromatic nitrogens is 2. The van der Waals surface area contributed by atoms with E-state index in [2.05, 4.69) is 9.71 Å². The molecular weight excluding hydrogens is 238 g/mol. The van der Waals surface area contributed by atoms with Gasteiger partial charge in [0, 0.05) is 13.6 Å². The molecule has 0 unspecified atom stereocenters. The Hall–Kier alpha value is -0.590. The third-order valence-corrected chi connectivity index (χ3v) is 3.68. The Bertz CT molecular complexity index is 439. The van der Waals surface area contributed by atoms with Gasteiger partial charge in [-0.15, -0.1) is 0 Å². The van der Waals surface area contributed by atoms with Crippen molar-refractivity contribution in [1.82, 2.24) is 14.3 Å². The van der Waals surface area contributed by atoms with Gasteiger partial charge in [-0.1, -0.05) is 25.4 Å². The van der Waals surface area contributed by atoms with Crippen molar-refractivity contribution in [3.63, 3.8) is 0 Å². The smallest absolute Gasteiger partial charge is 0.261 e. The maximum atomic E-state index is 11.7. The molecule has 0 saturated heterocycles. The monoisotopic (exact) mass is 251 g/mol. The number of imidazole rings is 1. The molecule has 1 rings (SSSR count). The first-order valence-corrected chi connectivity index (χ1v) is 6.37. The van der Waals surface area contributed by atoms with Crippen molar-refractivity contribution in [3.8, 4) is 0 Å². The standard InChI is InChI=1S/C8H14ClN3O2S/c1-6(2)4-11-15(13,14)8-7(9)12(3)5-10-8/h5-6,11H,4H2,1-3H3. The van der Waals surface area contributed by atoms with E-state index in [0.717, 1.165) is 0 Å². The third-order valence-electron chi connectivity index (χ3n) is 1.77. The molecule has 0 saturated carbocycles. The molecule has 0 aromatic carbocycles. The minimum absolute atomic E-state index is 0.117. The van der Waals surface area contributed by atoms with Gasteiger partial charge in [-0.3, -0.25) is 0 Å². The zero-order valence-corrected chi connectivity index (χ0v) is 10.4. The lowest BCUT2D eigenvalue weighted by Gasteiger charge is -2.06. The molecule has 0 amide bonds. The second-order valence-corrected chi connectivity index (χ2v) is 5.74. The Morgan fingerprint density at radius 2 is 2.20 bits per heavy atom. The van der Waals surface area contributed by atoms with Crippen LogP contribution in [0.3, 0.4) is 0 Å². The summed E-state index contributed by atoms with van der Waals surface area (Å²) in [7, 11) is -1.94. The van der Waals surface area contributed by atoms with E-state index >= 15 is 0 Å². The van der Waals surface area contributed by atoms with Gasteiger partial charge < -0.3 is 4.57 Å². The molecule has 1 heterocycles. The van der Waals surface area contributed by atoms with Crippen molar-refractivity contribution in [2.24, 2.45) is 13.0 Å². The summed E-state index contributed by atoms with van der Waals surface area (Å²) in [6.45, 7) is 4.21. The number of rotatable bonds is 4. The lowest BCUT2D eigenvalue weighted by molar-refractivity contribution is 0.557. The summed E-state index contributed by atoms with van der Waals surface area (Å²) in [5.41, 5.74) is 0. The average Bonchev–Trinajstić information content (AvgIpc) is 2.45. The maximum Gasteiger partial charge on any atom is 0.261 e. The molecule has 7 heteroatoms. The van der Waals surface area contributed by atoms with Crippen LogP contribution < -0.4 is 4.72 Å². The van der Waals surface area contributed by atoms with Crippen LogP contribution in [-0.2, 0) is 17.1 Å². The first kappa shape index (κ1) is 12.5. The Morgan fingerprint density at radius 1 is 1.60 bits per heavy atom. The molecule has 0 atom stereocenters. The fourth-order valence-corrected chi connectivity index (χ4v) is 2.56. The van der Waals surface area contributed by atoms with Crippen LogP contribution in [0, 0.1) is 5.92 Å². The molecule has 0 bridgehead atoms. The van der Waals surface area contributed by atoms with Gasteiger partial charge in [-0.25, -0.2) is 18.1 Å². The van der Waals surface area contributed by atoms with Gasteiger partial charge in [0.2, 0.25) is 5.03 Å². The van der Waals surface area contributed by atoms with E-state index in [9.17, 15) is 8.42 Å². The van der Waals surface area contributed by atoms with Crippen molar-refractivity contribution in [2.75, 3.05) is 6.54 Å². The highest BCUT2D eigenvalue weighted by Gasteiger charge is 2.21. The summed E-state index contributed by atoms with van der Waals surface area (Å²) in [6.07, 6.45) is 1.37. The van der Waals surface area contributed by atoms with Gasteiger partial charge in [-0.05, 0) is 5.92 Å². The minimum atomic E-state index is -3.58. The Kier molecular flexibility index (Phi) is 3.75. The molecule has 0 aliphatic rings. The van der Waals surface area contributed by atoms with Crippen molar-refractivity contribution in [3.05, 3.63) is 11.5 Å². The second-order valence-electron chi connectivity index (χ2n) is 3.70. The summed E-state index contributed by atoms with van der Waals surface area (Å²) >= 11 is 5.79. The molecule has 0 radical (unpaired) electrons. The van der Waals surface area contributed by atoms with Crippen LogP contribution in [0.1, 0.15) is 13.8 Å². The maximum absolute atomic E-state index is 11.7. The van der Waals surface area contributed by atoms with Crippen molar-refractivity contribution in [1.29, 1.82) is 0 Å². The van der Waals surface area contributed by atoms with Crippen molar-refractivity contribution < 1.29 is 8.42 Å². The Balaban J connectivity index is 2.92. The number of halogens is 1. The first-order valence-electron chi connectivity index (χ1n) is 4.51. The summed E-state index contributed by atoms with van der Waals surface area (Å²) in [6, 6.07) is 0. The van der Waals surface area contributed by atoms with Crippen LogP contribution in [0.4, 0.5) is 0 Å². The molecule has 1 N–H and O–H groups in total. The van der Waals surface area contributed by atoms with Crippen molar-refractivity contribution in [2.45, 2.75) is 18.9 Å². The number of aryl methyl sites for hydroxylation is 1. The van der Waals surface area contributed by atoms with E-state index < -0.39 is 10.0 Å². The number of sulfonamides is 1. The van der Waals surface area contributed by atoms with Crippen LogP contribution in [0.2, 0.25) is 5.15 Å². The van der Waals surface area contributed by atoms with Gasteiger partial charge in [0.25, 0.3) is 10.0 Å². The van der Waals surface area contributed by atoms with Gasteiger partial charge in [0.15, 0.2) is 0 Å². The molecule has 0 spiro atoms. The molecular formula is C8H14ClN3O2S. The quantitative estimate of drug-likeness (QED) is 0.869. The average molecular weight is 252 g/mol. The van der Waals surface area contributed by atoms with E-state index in [0.29, 0.717) is 6.54 Å². The largest absolute Gasteiger partial charge is 0.324 e. The van der Waals surface area contributed by atoms with E-state index in [-0.39, 0.29) is 16.1 Å². The zero-order chi connectivity index (χ0) is 11.6. The lowest BCUT2D eigenvalue weighted by Crippen LogP contribution is -2.28. The van der Waals surface area contributed by atoms with Crippen LogP contribution in [-0.4, -0.2) is 24.5 Å². The molecule has 0 aliphatic carbocycles. The van der Waals surface area contributed by atoms with Gasteiger partial charge in [0.1, 0.15) is 5.15 Å². The number of hydrogen-bond acceptors (Lipinski definition) is 3. The summed E-state index contributed by atoms with van der Waals surface area (Å²) < 4.78 is 27.3. The van der Waals surface area contributed by atoms with Crippen molar-refractivity contribution >= 4 is 21.6 Å². The van der Waals surface area contributed by atoms with Gasteiger partial charge >= 0.3 is 0 Å². The third kappa shape index (κ3) is 2.93. The molecule has 86 valence electrons. The second kappa shape index (κ2) is 4.51. The minimum Gasteiger partial charge on any atom is -0.324 e. The zero-order valence-electron chi connectivity index (χ0n) is 8.86. The highest BCUT2D eigenvalue weighted by molar-refractivity contribution is 7.89. The predicted molar refractivity (Wildman–Crippen MR) is 58.2 cm³/mol. The van der Waals surface area contributed by atoms with Gasteiger partial charge in [0.05, 0.1) is 6.33 Å². The van der Waals surface area contributed by atoms with E-state index in [4.69, 9.17) is 11.6 Å². The molecule has 1 aromatic rings. The fourth-order valence-electron chi connectivity index (χ4n) is 0.919. The number of nitrogens with one attached hydrogen (secondary N) is 1. The molecule has 1 aromatic heterocycles. The molecule has 0 fully saturated rings. The number of hydrogen-bond donors (Lipinski definition) is 1. The molecule has 15 heavy (non-hydrogen) atoms. The van der Waals surface area contributed by atoms with Gasteiger partial charge in [-0.2, -0.15) is 0 Å². The Morgan fingerprint density at radius 3 is 2.60 bits per heavy atom. The Labute approximate surface area is 94.5 Å². The summed E-state index contributed by atoms with van der Waals surface area (Å²) in [5, 5.41) is -0.00132. The van der Waals surface area contributed by atoms with Crippen LogP contribution in [0.25, 0.3) is 0 Å². The van der Waals surface area contributed by atoms with E-state index in [1.165, 1.54) is 10.9 Å². The number of nitrogens with zero attached hydrogens (tertiary/aromatic N) is 2. The summed E-state index contributed by atoms with van der Waals surface area (Å²) in [4.78, 5) is 3.75. The highest BCUT2D eigenvalue weighted by atomic mass is 35.5. The fraction of sp³-hybridized carbons (Fsp3) is 0.625. The highest BCUT2D eigenvalue weighted by Crippen LogP contribution is 2.18. The molecule has 0 aliphatic heterocycles.